The summed E-state index contributed by atoms with van der Waals surface area (Å²) in [7, 11) is 4.81. The fourth-order valence-electron chi connectivity index (χ4n) is 6.21. The van der Waals surface area contributed by atoms with Crippen LogP contribution in [0.15, 0.2) is 36.4 Å². The van der Waals surface area contributed by atoms with Gasteiger partial charge >= 0.3 is 5.97 Å². The van der Waals surface area contributed by atoms with Crippen LogP contribution in [0.5, 0.6) is 11.5 Å². The molecule has 0 aromatic heterocycles. The molecule has 2 aliphatic carbocycles. The topological polar surface area (TPSA) is 65.0 Å². The van der Waals surface area contributed by atoms with Gasteiger partial charge in [0.15, 0.2) is 0 Å². The molecule has 4 rings (SSSR count). The molecule has 36 heavy (non-hydrogen) atoms. The number of benzene rings is 2. The van der Waals surface area contributed by atoms with Gasteiger partial charge in [0.2, 0.25) is 0 Å². The van der Waals surface area contributed by atoms with E-state index >= 15 is 0 Å². The Bertz CT molecular complexity index is 1120. The SMILES string of the molecule is COC(=O)c1ccc(OC)c([C@@H]2CCCC2(C)C)c1.COc1ccc(CO)cc1[C@@H]1CCCC1(C)C.[3HH].[3H][3H].[3H][3H].[3H][3H].[3H][3H].[3H][3H].[3H][3H].[3H][3H].[3H][3H].[3H][3H].[3H][3H].[3H][3H].[3H][3H].[3H][3H].[3H][3H].[3H][3H].[3H][3H].[3H][3H].[3H][3H].[3H][3H].[3H][3H].[3H][3H].[3H][3H].[3H][3H]. The van der Waals surface area contributed by atoms with Crippen molar-refractivity contribution in [3.05, 3.63) is 58.7 Å². The minimum absolute atomic E-state index is 0. The van der Waals surface area contributed by atoms with E-state index in [9.17, 15) is 9.90 Å². The highest BCUT2D eigenvalue weighted by atomic mass is 16.5. The zero-order chi connectivity index (χ0) is 72.5. The highest BCUT2D eigenvalue weighted by Gasteiger charge is 2.38. The molecule has 2 aromatic rings. The number of aliphatic hydroxyl groups excluding tert-OH is 1. The van der Waals surface area contributed by atoms with Crippen molar-refractivity contribution >= 4 is 5.97 Å². The van der Waals surface area contributed by atoms with Crippen LogP contribution in [-0.4, -0.2) is 32.4 Å². The largest absolute Gasteiger partial charge is 0.496 e. The van der Waals surface area contributed by atoms with Gasteiger partial charge in [-0.15, -0.1) is 0 Å². The van der Waals surface area contributed by atoms with Crippen molar-refractivity contribution < 1.29 is 93.8 Å². The minimum atomic E-state index is -0.292. The first kappa shape index (κ1) is 10.3. The number of ether oxygens (including phenoxy) is 3. The normalized spacial score (nSPS) is 27.0. The van der Waals surface area contributed by atoms with E-state index in [1.54, 1.807) is 20.3 Å². The van der Waals surface area contributed by atoms with Gasteiger partial charge in [0, 0.05) is 69.7 Å². The molecule has 0 heterocycles. The summed E-state index contributed by atoms with van der Waals surface area (Å²) in [5, 5.41) is 9.26. The van der Waals surface area contributed by atoms with Crippen molar-refractivity contribution in [3.63, 3.8) is 0 Å². The Balaban J connectivity index is -0.0000000265. The number of methoxy groups -OCH3 is 3. The second-order valence-electron chi connectivity index (χ2n) is 11.5. The summed E-state index contributed by atoms with van der Waals surface area (Å²) in [6.45, 7) is 9.33. The standard InChI is InChI=1S/C16H22O3.C15H22O2.24H2/c1-16(2)9-5-6-13(16)12-10-11(15(17)19-4)7-8-14(12)18-3;1-15(2)8-4-5-13(15)12-9-11(10-16)6-7-14(12)17-3;;;;;;;;;;;;;;;;;;;;;;;;/h7-8,10,13H,5-6,9H2,1-4H3;6-7,9,13,16H,4-5,8,10H2,1-3H3;24*1H/t2*13-;;;;;;;;;;;;;;;;;;;;;;;;/m00......................../s1/i;;23*1+2T;1+2. The lowest BCUT2D eigenvalue weighted by atomic mass is 9.77. The zero-order valence-corrected chi connectivity index (χ0v) is 23.1. The third kappa shape index (κ3) is 6.05. The number of aliphatic hydroxyl groups is 1. The molecule has 2 fully saturated rings. The van der Waals surface area contributed by atoms with Gasteiger partial charge in [-0.05, 0) is 95.4 Å². The van der Waals surface area contributed by atoms with Gasteiger partial charge in [-0.1, -0.05) is 46.6 Å². The van der Waals surface area contributed by atoms with Gasteiger partial charge in [-0.25, -0.2) is 4.79 Å². The summed E-state index contributed by atoms with van der Waals surface area (Å²) >= 11 is 0. The van der Waals surface area contributed by atoms with Crippen molar-refractivity contribution in [1.29, 1.82) is 0 Å². The smallest absolute Gasteiger partial charge is 0.337 e. The Morgan fingerprint density at radius 3 is 1.81 bits per heavy atom. The average molecular weight is 639 g/mol. The van der Waals surface area contributed by atoms with E-state index < -0.39 is 0 Å². The van der Waals surface area contributed by atoms with Gasteiger partial charge in [0.25, 0.3) is 0 Å². The van der Waals surface area contributed by atoms with Crippen LogP contribution in [-0.2, 0) is 11.3 Å². The molecular formula is C31H92O5. The van der Waals surface area contributed by atoms with E-state index in [2.05, 4.69) is 33.8 Å². The third-order valence-electron chi connectivity index (χ3n) is 8.39. The summed E-state index contributed by atoms with van der Waals surface area (Å²) in [6.07, 6.45) is 7.35. The molecule has 2 aliphatic rings. The van der Waals surface area contributed by atoms with Crippen LogP contribution in [0.25, 0.3) is 0 Å². The Morgan fingerprint density at radius 2 is 1.39 bits per heavy atom. The molecule has 5 heteroatoms. The molecule has 5 nitrogen and oxygen atoms in total. The summed E-state index contributed by atoms with van der Waals surface area (Å²) < 4.78 is 246. The van der Waals surface area contributed by atoms with Gasteiger partial charge in [0.05, 0.1) is 33.5 Å². The summed E-state index contributed by atoms with van der Waals surface area (Å²) in [5.41, 5.74) is 4.56. The lowest BCUT2D eigenvalue weighted by Crippen LogP contribution is -2.17. The molecule has 2 saturated carbocycles. The maximum Gasteiger partial charge on any atom is 0.337 e. The minimum Gasteiger partial charge on any atom is -0.496 e. The molecule has 0 unspecified atom stereocenters. The predicted octanol–water partition coefficient (Wildman–Crippen LogP) is 13.2. The first-order valence-corrected chi connectivity index (χ1v) is 13.1. The van der Waals surface area contributed by atoms with E-state index in [1.165, 1.54) is 44.8 Å². The van der Waals surface area contributed by atoms with E-state index in [0.717, 1.165) is 29.0 Å². The number of carbonyl (C=O) groups is 1. The lowest BCUT2D eigenvalue weighted by molar-refractivity contribution is 0.0600. The maximum absolute atomic E-state index is 11.7. The zero-order valence-electron chi connectivity index (χ0n) is 69.1. The molecular weight excluding hydrogens is 452 g/mol. The van der Waals surface area contributed by atoms with Crippen LogP contribution in [0.4, 0.5) is 0 Å². The van der Waals surface area contributed by atoms with E-state index in [4.69, 9.17) is 82.5 Å². The Kier molecular flexibility index (Phi) is 3.35. The van der Waals surface area contributed by atoms with Crippen molar-refractivity contribution in [2.75, 3.05) is 21.3 Å². The maximum atomic E-state index is 11.7. The highest BCUT2D eigenvalue weighted by Crippen LogP contribution is 2.52. The second-order valence-corrected chi connectivity index (χ2v) is 11.5. The molecule has 0 amide bonds. The van der Waals surface area contributed by atoms with Crippen LogP contribution >= 0.6 is 0 Å². The second kappa shape index (κ2) is 11.7. The van der Waals surface area contributed by atoms with E-state index in [1.807, 2.05) is 24.3 Å². The number of esters is 1. The molecule has 0 radical (unpaired) electrons. The van der Waals surface area contributed by atoms with Crippen LogP contribution in [0.2, 0.25) is 0 Å². The number of rotatable bonds is 6. The predicted molar refractivity (Wildman–Crippen MR) is 195 cm³/mol. The molecule has 2 aromatic carbocycles. The van der Waals surface area contributed by atoms with Crippen LogP contribution in [0.1, 0.15) is 175 Å². The number of carbonyl (C=O) groups excluding carboxylic acids is 1. The van der Waals surface area contributed by atoms with Gasteiger partial charge in [-0.2, -0.15) is 0 Å². The highest BCUT2D eigenvalue weighted by molar-refractivity contribution is 5.89. The quantitative estimate of drug-likeness (QED) is 0.319. The van der Waals surface area contributed by atoms with Crippen LogP contribution < -0.4 is 9.47 Å². The molecule has 246 valence electrons. The van der Waals surface area contributed by atoms with Crippen LogP contribution in [0.3, 0.4) is 0 Å². The summed E-state index contributed by atoms with van der Waals surface area (Å²) in [6, 6.07) is 11.6. The molecule has 0 bridgehead atoms. The van der Waals surface area contributed by atoms with Crippen molar-refractivity contribution in [1.82, 2.24) is 0 Å². The molecule has 0 aliphatic heterocycles. The lowest BCUT2D eigenvalue weighted by Gasteiger charge is -2.29. The fraction of sp³-hybridized carbons (Fsp3) is 0.581. The van der Waals surface area contributed by atoms with Gasteiger partial charge < -0.3 is 19.3 Å². The van der Waals surface area contributed by atoms with Crippen molar-refractivity contribution in [2.24, 2.45) is 10.8 Å². The Hall–Kier alpha value is -2.53. The molecule has 2 atom stereocenters. The number of hydrogen-bond donors (Lipinski definition) is 1. The van der Waals surface area contributed by atoms with Gasteiger partial charge in [0.1, 0.15) is 11.5 Å². The van der Waals surface area contributed by atoms with E-state index in [-0.39, 0.29) is 19.4 Å². The first-order chi connectivity index (χ1) is 40.1. The monoisotopic (exact) mass is 639 g/mol. The average Bonchev–Trinajstić information content (AvgIpc) is 4.19. The first-order valence-electron chi connectivity index (χ1n) is 36.1. The van der Waals surface area contributed by atoms with E-state index in [0.29, 0.717) is 22.8 Å². The molecule has 0 spiro atoms. The van der Waals surface area contributed by atoms with Crippen LogP contribution in [0, 0.1) is 10.8 Å². The summed E-state index contributed by atoms with van der Waals surface area (Å²) in [4.78, 5) is 11.7. The Labute approximate surface area is 289 Å². The fourth-order valence-corrected chi connectivity index (χ4v) is 6.21. The molecule has 0 saturated heterocycles. The number of hydrogen-bond acceptors (Lipinski definition) is 5. The molecule has 1 N–H and O–H groups in total. The van der Waals surface area contributed by atoms with Gasteiger partial charge in [-0.3, -0.25) is 0 Å². The Morgan fingerprint density at radius 1 is 0.889 bits per heavy atom. The van der Waals surface area contributed by atoms with Crippen molar-refractivity contribution in [2.45, 2.75) is 84.7 Å². The third-order valence-corrected chi connectivity index (χ3v) is 8.39. The summed E-state index contributed by atoms with van der Waals surface area (Å²) in [5.74, 6) is 2.52. The van der Waals surface area contributed by atoms with Crippen molar-refractivity contribution in [3.8, 4) is 11.5 Å².